The highest BCUT2D eigenvalue weighted by Gasteiger charge is 2.22. The summed E-state index contributed by atoms with van der Waals surface area (Å²) in [5, 5.41) is 5.89. The zero-order valence-corrected chi connectivity index (χ0v) is 19.3. The minimum Gasteiger partial charge on any atom is -0.492 e. The minimum atomic E-state index is -0.298. The molecule has 0 bridgehead atoms. The molecule has 0 aromatic heterocycles. The van der Waals surface area contributed by atoms with E-state index in [1.807, 2.05) is 57.2 Å². The normalized spacial score (nSPS) is 11.4. The molecule has 0 spiro atoms. The molecule has 3 rings (SSSR count). The van der Waals surface area contributed by atoms with E-state index in [0.29, 0.717) is 48.1 Å². The lowest BCUT2D eigenvalue weighted by atomic mass is 9.95. The summed E-state index contributed by atoms with van der Waals surface area (Å²) in [5.74, 6) is 0.224. The zero-order valence-electron chi connectivity index (χ0n) is 19.3. The predicted octanol–water partition coefficient (Wildman–Crippen LogP) is 5.87. The van der Waals surface area contributed by atoms with Crippen LogP contribution >= 0.6 is 0 Å². The molecule has 1 unspecified atom stereocenters. The van der Waals surface area contributed by atoms with Gasteiger partial charge < -0.3 is 20.1 Å². The average molecular weight is 447 g/mol. The minimum absolute atomic E-state index is 0.131. The lowest BCUT2D eigenvalue weighted by Gasteiger charge is -2.20. The molecule has 0 heterocycles. The highest BCUT2D eigenvalue weighted by Crippen LogP contribution is 2.38. The number of ether oxygens (including phenoxy) is 2. The average Bonchev–Trinajstić information content (AvgIpc) is 2.83. The molecule has 0 fully saturated rings. The van der Waals surface area contributed by atoms with Gasteiger partial charge in [-0.25, -0.2) is 0 Å². The van der Waals surface area contributed by atoms with Crippen molar-refractivity contribution >= 4 is 23.2 Å². The highest BCUT2D eigenvalue weighted by molar-refractivity contribution is 6.06. The van der Waals surface area contributed by atoms with Gasteiger partial charge in [0.25, 0.3) is 5.91 Å². The molecule has 6 heteroatoms. The fourth-order valence-corrected chi connectivity index (χ4v) is 3.57. The third-order valence-electron chi connectivity index (χ3n) is 5.15. The van der Waals surface area contributed by atoms with Crippen LogP contribution in [0.3, 0.4) is 0 Å². The molecule has 2 amide bonds. The van der Waals surface area contributed by atoms with Gasteiger partial charge in [0.1, 0.15) is 11.5 Å². The van der Waals surface area contributed by atoms with Crippen molar-refractivity contribution < 1.29 is 19.1 Å². The molecular weight excluding hydrogens is 416 g/mol. The Bertz CT molecular complexity index is 1070. The Hall–Kier alpha value is -3.80. The van der Waals surface area contributed by atoms with Gasteiger partial charge >= 0.3 is 0 Å². The van der Waals surface area contributed by atoms with Crippen molar-refractivity contribution in [1.82, 2.24) is 0 Å². The largest absolute Gasteiger partial charge is 0.492 e. The molecule has 3 aromatic carbocycles. The number of anilines is 2. The first-order chi connectivity index (χ1) is 16.1. The molecule has 3 aromatic rings. The lowest BCUT2D eigenvalue weighted by Crippen LogP contribution is -2.21. The van der Waals surface area contributed by atoms with Crippen LogP contribution in [0, 0.1) is 0 Å². The van der Waals surface area contributed by atoms with Gasteiger partial charge in [0.15, 0.2) is 0 Å². The van der Waals surface area contributed by atoms with Gasteiger partial charge in [-0.05, 0) is 38.0 Å². The molecule has 33 heavy (non-hydrogen) atoms. The van der Waals surface area contributed by atoms with Crippen LogP contribution in [0.4, 0.5) is 11.4 Å². The molecule has 0 saturated heterocycles. The molecule has 0 aliphatic carbocycles. The van der Waals surface area contributed by atoms with Crippen molar-refractivity contribution in [2.75, 3.05) is 23.8 Å². The fraction of sp³-hybridized carbons (Fsp3) is 0.259. The number of carbonyl (C=O) groups excluding carboxylic acids is 2. The Kier molecular flexibility index (Phi) is 8.47. The van der Waals surface area contributed by atoms with E-state index in [1.54, 1.807) is 36.4 Å². The third-order valence-corrected chi connectivity index (χ3v) is 5.15. The summed E-state index contributed by atoms with van der Waals surface area (Å²) >= 11 is 0. The summed E-state index contributed by atoms with van der Waals surface area (Å²) < 4.78 is 11.6. The molecule has 0 radical (unpaired) electrons. The maximum absolute atomic E-state index is 13.1. The number of hydrogen-bond donors (Lipinski definition) is 2. The van der Waals surface area contributed by atoms with Gasteiger partial charge in [0.05, 0.1) is 30.5 Å². The number of rotatable bonds is 10. The molecule has 0 aliphatic heterocycles. The van der Waals surface area contributed by atoms with Gasteiger partial charge in [0, 0.05) is 17.7 Å². The van der Waals surface area contributed by atoms with Gasteiger partial charge in [-0.3, -0.25) is 9.59 Å². The Morgan fingerprint density at radius 3 is 1.79 bits per heavy atom. The molecular formula is C27H30N2O4. The fourth-order valence-electron chi connectivity index (χ4n) is 3.57. The Morgan fingerprint density at radius 1 is 0.758 bits per heavy atom. The highest BCUT2D eigenvalue weighted by atomic mass is 16.5. The lowest BCUT2D eigenvalue weighted by molar-refractivity contribution is -0.117. The number of nitrogens with one attached hydrogen (secondary N) is 2. The molecule has 172 valence electrons. The van der Waals surface area contributed by atoms with Gasteiger partial charge in [-0.1, -0.05) is 55.5 Å². The van der Waals surface area contributed by atoms with Crippen molar-refractivity contribution in [3.8, 4) is 11.5 Å². The van der Waals surface area contributed by atoms with Gasteiger partial charge in [-0.15, -0.1) is 0 Å². The van der Waals surface area contributed by atoms with Crippen molar-refractivity contribution in [3.63, 3.8) is 0 Å². The van der Waals surface area contributed by atoms with E-state index in [4.69, 9.17) is 9.47 Å². The van der Waals surface area contributed by atoms with E-state index in [9.17, 15) is 9.59 Å². The Labute approximate surface area is 194 Å². The number of benzene rings is 3. The summed E-state index contributed by atoms with van der Waals surface area (Å²) in [6, 6.07) is 22.0. The summed E-state index contributed by atoms with van der Waals surface area (Å²) in [7, 11) is 0. The summed E-state index contributed by atoms with van der Waals surface area (Å²) in [5.41, 5.74) is 2.45. The Balaban J connectivity index is 1.91. The maximum Gasteiger partial charge on any atom is 0.255 e. The third kappa shape index (κ3) is 6.13. The first-order valence-corrected chi connectivity index (χ1v) is 11.2. The topological polar surface area (TPSA) is 76.7 Å². The van der Waals surface area contributed by atoms with E-state index < -0.39 is 0 Å². The van der Waals surface area contributed by atoms with Crippen molar-refractivity contribution in [1.29, 1.82) is 0 Å². The standard InChI is InChI=1S/C27H30N2O4/c1-4-21(19-13-9-7-10-14-19)27(31)29-23-18-24(32-5-2)22(17-25(23)33-6-3)28-26(30)20-15-11-8-12-16-20/h7-18,21H,4-6H2,1-3H3,(H,28,30)(H,29,31). The van der Waals surface area contributed by atoms with Crippen LogP contribution < -0.4 is 20.1 Å². The van der Waals surface area contributed by atoms with Crippen molar-refractivity contribution in [3.05, 3.63) is 83.9 Å². The van der Waals surface area contributed by atoms with Crippen LogP contribution in [0.5, 0.6) is 11.5 Å². The van der Waals surface area contributed by atoms with Crippen LogP contribution in [0.15, 0.2) is 72.8 Å². The first kappa shape index (κ1) is 23.9. The molecule has 6 nitrogen and oxygen atoms in total. The van der Waals surface area contributed by atoms with E-state index >= 15 is 0 Å². The van der Waals surface area contributed by atoms with Crippen molar-refractivity contribution in [2.45, 2.75) is 33.1 Å². The van der Waals surface area contributed by atoms with E-state index in [-0.39, 0.29) is 17.7 Å². The quantitative estimate of drug-likeness (QED) is 0.408. The molecule has 2 N–H and O–H groups in total. The van der Waals surface area contributed by atoms with Crippen LogP contribution in [-0.4, -0.2) is 25.0 Å². The monoisotopic (exact) mass is 446 g/mol. The second-order valence-corrected chi connectivity index (χ2v) is 7.39. The van der Waals surface area contributed by atoms with Crippen LogP contribution in [0.25, 0.3) is 0 Å². The zero-order chi connectivity index (χ0) is 23.6. The second kappa shape index (κ2) is 11.7. The van der Waals surface area contributed by atoms with Crippen LogP contribution in [0.2, 0.25) is 0 Å². The summed E-state index contributed by atoms with van der Waals surface area (Å²) in [6.07, 6.45) is 0.656. The van der Waals surface area contributed by atoms with Crippen LogP contribution in [-0.2, 0) is 4.79 Å². The molecule has 0 saturated carbocycles. The summed E-state index contributed by atoms with van der Waals surface area (Å²) in [4.78, 5) is 25.9. The number of hydrogen-bond acceptors (Lipinski definition) is 4. The van der Waals surface area contributed by atoms with Crippen LogP contribution in [0.1, 0.15) is 49.0 Å². The maximum atomic E-state index is 13.1. The van der Waals surface area contributed by atoms with E-state index in [2.05, 4.69) is 10.6 Å². The smallest absolute Gasteiger partial charge is 0.255 e. The predicted molar refractivity (Wildman–Crippen MR) is 131 cm³/mol. The molecule has 0 aliphatic rings. The van der Waals surface area contributed by atoms with E-state index in [0.717, 1.165) is 5.56 Å². The number of amides is 2. The summed E-state index contributed by atoms with van der Waals surface area (Å²) in [6.45, 7) is 6.51. The first-order valence-electron chi connectivity index (χ1n) is 11.2. The van der Waals surface area contributed by atoms with Crippen molar-refractivity contribution in [2.24, 2.45) is 0 Å². The van der Waals surface area contributed by atoms with E-state index in [1.165, 1.54) is 0 Å². The number of carbonyl (C=O) groups is 2. The molecule has 1 atom stereocenters. The SMILES string of the molecule is CCOc1cc(NC(=O)C(CC)c2ccccc2)c(OCC)cc1NC(=O)c1ccccc1. The van der Waals surface area contributed by atoms with Gasteiger partial charge in [-0.2, -0.15) is 0 Å². The second-order valence-electron chi connectivity index (χ2n) is 7.39. The van der Waals surface area contributed by atoms with Gasteiger partial charge in [0.2, 0.25) is 5.91 Å². The Morgan fingerprint density at radius 2 is 1.27 bits per heavy atom.